The van der Waals surface area contributed by atoms with E-state index in [0.29, 0.717) is 35.1 Å². The molecule has 0 aliphatic heterocycles. The summed E-state index contributed by atoms with van der Waals surface area (Å²) in [6.45, 7) is 7.04. The summed E-state index contributed by atoms with van der Waals surface area (Å²) in [4.78, 5) is 12.0. The number of carbonyl (C=O) groups is 1. The van der Waals surface area contributed by atoms with Crippen molar-refractivity contribution in [2.75, 3.05) is 11.9 Å². The van der Waals surface area contributed by atoms with E-state index in [2.05, 4.69) is 15.8 Å². The van der Waals surface area contributed by atoms with Crippen LogP contribution in [0.5, 0.6) is 0 Å². The van der Waals surface area contributed by atoms with E-state index in [1.165, 1.54) is 0 Å². The molecule has 7 nitrogen and oxygen atoms in total. The summed E-state index contributed by atoms with van der Waals surface area (Å²) in [7, 11) is 0. The molecule has 2 aromatic heterocycles. The van der Waals surface area contributed by atoms with Gasteiger partial charge in [0.2, 0.25) is 0 Å². The first-order valence-corrected chi connectivity index (χ1v) is 7.12. The van der Waals surface area contributed by atoms with Gasteiger partial charge in [0.1, 0.15) is 28.5 Å². The third-order valence-corrected chi connectivity index (χ3v) is 3.36. The van der Waals surface area contributed by atoms with E-state index in [0.717, 1.165) is 0 Å². The first kappa shape index (κ1) is 16.1. The Kier molecular flexibility index (Phi) is 4.56. The predicted octanol–water partition coefficient (Wildman–Crippen LogP) is 2.48. The van der Waals surface area contributed by atoms with Gasteiger partial charge in [0, 0.05) is 6.42 Å². The molecule has 0 aliphatic carbocycles. The quantitative estimate of drug-likeness (QED) is 0.788. The number of anilines is 1. The summed E-state index contributed by atoms with van der Waals surface area (Å²) < 4.78 is 10.5. The minimum Gasteiger partial charge on any atom is -0.463 e. The zero-order chi connectivity index (χ0) is 16.3. The minimum atomic E-state index is -1.29. The van der Waals surface area contributed by atoms with Crippen LogP contribution >= 0.6 is 0 Å². The molecule has 0 spiro atoms. The maximum atomic E-state index is 12.0. The smallest absolute Gasteiger partial charge is 0.319 e. The SMILES string of the molecule is CCc1onc(C)c1NC(=O)NCC(C)(O)c1ccc(C)o1. The van der Waals surface area contributed by atoms with Crippen molar-refractivity contribution in [2.24, 2.45) is 0 Å². The van der Waals surface area contributed by atoms with E-state index in [1.807, 2.05) is 6.92 Å². The van der Waals surface area contributed by atoms with Gasteiger partial charge in [0.05, 0.1) is 6.54 Å². The zero-order valence-corrected chi connectivity index (χ0v) is 13.2. The molecule has 0 aliphatic rings. The summed E-state index contributed by atoms with van der Waals surface area (Å²) in [6.07, 6.45) is 0.625. The van der Waals surface area contributed by atoms with Gasteiger partial charge in [-0.2, -0.15) is 0 Å². The topological polar surface area (TPSA) is 101 Å². The fourth-order valence-electron chi connectivity index (χ4n) is 2.04. The van der Waals surface area contributed by atoms with E-state index >= 15 is 0 Å². The lowest BCUT2D eigenvalue weighted by molar-refractivity contribution is 0.0364. The number of carbonyl (C=O) groups excluding carboxylic acids is 1. The van der Waals surface area contributed by atoms with Crippen LogP contribution < -0.4 is 10.6 Å². The monoisotopic (exact) mass is 307 g/mol. The molecule has 1 unspecified atom stereocenters. The molecular formula is C15H21N3O4. The number of furan rings is 1. The number of aliphatic hydroxyl groups is 1. The number of hydrogen-bond acceptors (Lipinski definition) is 5. The van der Waals surface area contributed by atoms with Gasteiger partial charge in [-0.05, 0) is 32.9 Å². The Labute approximate surface area is 128 Å². The third kappa shape index (κ3) is 3.48. The van der Waals surface area contributed by atoms with Crippen LogP contribution in [0, 0.1) is 13.8 Å². The first-order valence-electron chi connectivity index (χ1n) is 7.12. The van der Waals surface area contributed by atoms with Gasteiger partial charge in [0.15, 0.2) is 5.76 Å². The molecule has 3 N–H and O–H groups in total. The number of rotatable bonds is 5. The fourth-order valence-corrected chi connectivity index (χ4v) is 2.04. The van der Waals surface area contributed by atoms with Crippen LogP contribution in [0.25, 0.3) is 0 Å². The van der Waals surface area contributed by atoms with Crippen molar-refractivity contribution in [1.29, 1.82) is 0 Å². The number of nitrogens with zero attached hydrogens (tertiary/aromatic N) is 1. The van der Waals surface area contributed by atoms with E-state index in [9.17, 15) is 9.90 Å². The normalized spacial score (nSPS) is 13.7. The second-order valence-electron chi connectivity index (χ2n) is 5.41. The molecule has 0 radical (unpaired) electrons. The summed E-state index contributed by atoms with van der Waals surface area (Å²) >= 11 is 0. The summed E-state index contributed by atoms with van der Waals surface area (Å²) in [6, 6.07) is 3.01. The van der Waals surface area contributed by atoms with Crippen LogP contribution in [-0.4, -0.2) is 22.8 Å². The Morgan fingerprint density at radius 3 is 2.73 bits per heavy atom. The molecule has 2 heterocycles. The van der Waals surface area contributed by atoms with Gasteiger partial charge in [-0.25, -0.2) is 4.79 Å². The van der Waals surface area contributed by atoms with Crippen molar-refractivity contribution in [3.63, 3.8) is 0 Å². The highest BCUT2D eigenvalue weighted by Gasteiger charge is 2.27. The van der Waals surface area contributed by atoms with E-state index < -0.39 is 11.6 Å². The molecule has 2 amide bonds. The number of nitrogens with one attached hydrogen (secondary N) is 2. The Bertz CT molecular complexity index is 658. The molecule has 2 aromatic rings. The van der Waals surface area contributed by atoms with Gasteiger partial charge < -0.3 is 24.7 Å². The van der Waals surface area contributed by atoms with Crippen molar-refractivity contribution < 1.29 is 18.8 Å². The molecular weight excluding hydrogens is 286 g/mol. The lowest BCUT2D eigenvalue weighted by atomic mass is 10.0. The molecule has 0 aromatic carbocycles. The Morgan fingerprint density at radius 2 is 2.14 bits per heavy atom. The summed E-state index contributed by atoms with van der Waals surface area (Å²) in [5.74, 6) is 1.72. The average Bonchev–Trinajstić information content (AvgIpc) is 3.05. The number of hydrogen-bond donors (Lipinski definition) is 3. The molecule has 1 atom stereocenters. The Morgan fingerprint density at radius 1 is 1.41 bits per heavy atom. The standard InChI is InChI=1S/C15H21N3O4/c1-5-11-13(10(3)18-22-11)17-14(19)16-8-15(4,20)12-7-6-9(2)21-12/h6-7,20H,5,8H2,1-4H3,(H2,16,17,19). The van der Waals surface area contributed by atoms with Crippen LogP contribution in [0.15, 0.2) is 21.1 Å². The number of aromatic nitrogens is 1. The average molecular weight is 307 g/mol. The maximum absolute atomic E-state index is 12.0. The third-order valence-electron chi connectivity index (χ3n) is 3.36. The highest BCUT2D eigenvalue weighted by molar-refractivity contribution is 5.90. The molecule has 0 fully saturated rings. The maximum Gasteiger partial charge on any atom is 0.319 e. The van der Waals surface area contributed by atoms with Crippen molar-refractivity contribution in [2.45, 2.75) is 39.7 Å². The molecule has 120 valence electrons. The second kappa shape index (κ2) is 6.23. The van der Waals surface area contributed by atoms with Crippen LogP contribution in [-0.2, 0) is 12.0 Å². The predicted molar refractivity (Wildman–Crippen MR) is 80.7 cm³/mol. The zero-order valence-electron chi connectivity index (χ0n) is 13.2. The van der Waals surface area contributed by atoms with E-state index in [4.69, 9.17) is 8.94 Å². The molecule has 0 bridgehead atoms. The van der Waals surface area contributed by atoms with Gasteiger partial charge in [-0.1, -0.05) is 12.1 Å². The molecule has 7 heteroatoms. The highest BCUT2D eigenvalue weighted by Crippen LogP contribution is 2.23. The summed E-state index contributed by atoms with van der Waals surface area (Å²) in [5, 5.41) is 19.5. The largest absolute Gasteiger partial charge is 0.463 e. The number of amides is 2. The van der Waals surface area contributed by atoms with Gasteiger partial charge in [-0.3, -0.25) is 0 Å². The van der Waals surface area contributed by atoms with Crippen molar-refractivity contribution >= 4 is 11.7 Å². The highest BCUT2D eigenvalue weighted by atomic mass is 16.5. The van der Waals surface area contributed by atoms with Crippen LogP contribution in [0.3, 0.4) is 0 Å². The van der Waals surface area contributed by atoms with Gasteiger partial charge >= 0.3 is 6.03 Å². The Hall–Kier alpha value is -2.28. The number of urea groups is 1. The van der Waals surface area contributed by atoms with E-state index in [1.54, 1.807) is 32.9 Å². The lowest BCUT2D eigenvalue weighted by Gasteiger charge is -2.21. The lowest BCUT2D eigenvalue weighted by Crippen LogP contribution is -2.40. The van der Waals surface area contributed by atoms with Gasteiger partial charge in [0.25, 0.3) is 0 Å². The van der Waals surface area contributed by atoms with Crippen LogP contribution in [0.2, 0.25) is 0 Å². The Balaban J connectivity index is 1.96. The van der Waals surface area contributed by atoms with E-state index in [-0.39, 0.29) is 6.54 Å². The molecule has 2 rings (SSSR count). The summed E-state index contributed by atoms with van der Waals surface area (Å²) in [5.41, 5.74) is -0.114. The van der Waals surface area contributed by atoms with Crippen LogP contribution in [0.4, 0.5) is 10.5 Å². The van der Waals surface area contributed by atoms with Crippen molar-refractivity contribution in [1.82, 2.24) is 10.5 Å². The van der Waals surface area contributed by atoms with Crippen molar-refractivity contribution in [3.05, 3.63) is 35.1 Å². The first-order chi connectivity index (χ1) is 10.3. The number of aryl methyl sites for hydroxylation is 3. The van der Waals surface area contributed by atoms with Crippen LogP contribution in [0.1, 0.15) is 36.8 Å². The van der Waals surface area contributed by atoms with Gasteiger partial charge in [-0.15, -0.1) is 0 Å². The molecule has 0 saturated heterocycles. The fraction of sp³-hybridized carbons (Fsp3) is 0.467. The molecule has 0 saturated carbocycles. The molecule has 22 heavy (non-hydrogen) atoms. The van der Waals surface area contributed by atoms with Crippen molar-refractivity contribution in [3.8, 4) is 0 Å². The minimum absolute atomic E-state index is 0.0115. The second-order valence-corrected chi connectivity index (χ2v) is 5.41.